The molecule has 0 radical (unpaired) electrons. The second-order valence-corrected chi connectivity index (χ2v) is 7.57. The summed E-state index contributed by atoms with van der Waals surface area (Å²) in [6, 6.07) is 14.5. The first-order chi connectivity index (χ1) is 13.0. The quantitative estimate of drug-likeness (QED) is 0.683. The Morgan fingerprint density at radius 1 is 1.00 bits per heavy atom. The van der Waals surface area contributed by atoms with Gasteiger partial charge in [-0.2, -0.15) is 0 Å². The molecule has 0 bridgehead atoms. The molecule has 3 rings (SSSR count). The second-order valence-electron chi connectivity index (χ2n) is 7.57. The van der Waals surface area contributed by atoms with Crippen LogP contribution >= 0.6 is 0 Å². The number of methoxy groups -OCH3 is 1. The number of carbonyl (C=O) groups is 1. The van der Waals surface area contributed by atoms with E-state index in [2.05, 4.69) is 30.4 Å². The van der Waals surface area contributed by atoms with Crippen LogP contribution in [0.3, 0.4) is 0 Å². The highest BCUT2D eigenvalue weighted by Crippen LogP contribution is 2.15. The maximum Gasteiger partial charge on any atom is 0.279 e. The summed E-state index contributed by atoms with van der Waals surface area (Å²) in [5, 5.41) is 3.07. The fraction of sp³-hybridized carbons (Fsp3) is 0.409. The molecule has 0 saturated carbocycles. The smallest absolute Gasteiger partial charge is 0.279 e. The summed E-state index contributed by atoms with van der Waals surface area (Å²) < 4.78 is 5.22. The molecule has 0 atom stereocenters. The third kappa shape index (κ3) is 5.55. The molecule has 5 heteroatoms. The van der Waals surface area contributed by atoms with Crippen molar-refractivity contribution in [1.29, 1.82) is 0 Å². The van der Waals surface area contributed by atoms with E-state index >= 15 is 0 Å². The van der Waals surface area contributed by atoms with Crippen LogP contribution in [0.15, 0.2) is 42.5 Å². The van der Waals surface area contributed by atoms with E-state index in [0.29, 0.717) is 6.54 Å². The lowest BCUT2D eigenvalue weighted by molar-refractivity contribution is -1.02. The van der Waals surface area contributed by atoms with Gasteiger partial charge in [0.2, 0.25) is 0 Å². The zero-order valence-electron chi connectivity index (χ0n) is 16.6. The minimum absolute atomic E-state index is 0.107. The van der Waals surface area contributed by atoms with E-state index in [1.807, 2.05) is 31.2 Å². The topological polar surface area (TPSA) is 47.2 Å². The van der Waals surface area contributed by atoms with Crippen molar-refractivity contribution in [3.8, 4) is 5.75 Å². The van der Waals surface area contributed by atoms with Crippen LogP contribution < -0.4 is 19.9 Å². The van der Waals surface area contributed by atoms with Crippen LogP contribution in [0.1, 0.15) is 16.7 Å². The van der Waals surface area contributed by atoms with Gasteiger partial charge in [-0.3, -0.25) is 4.79 Å². The highest BCUT2D eigenvalue weighted by atomic mass is 16.5. The van der Waals surface area contributed by atoms with E-state index in [1.165, 1.54) is 16.0 Å². The largest absolute Gasteiger partial charge is 0.497 e. The Balaban J connectivity index is 1.44. The summed E-state index contributed by atoms with van der Waals surface area (Å²) in [6.45, 7) is 9.94. The normalized spacial score (nSPS) is 19.5. The van der Waals surface area contributed by atoms with Crippen molar-refractivity contribution in [3.05, 3.63) is 59.2 Å². The Kier molecular flexibility index (Phi) is 6.48. The summed E-state index contributed by atoms with van der Waals surface area (Å²) in [4.78, 5) is 15.4. The van der Waals surface area contributed by atoms with Crippen LogP contribution in [0.2, 0.25) is 0 Å². The van der Waals surface area contributed by atoms with Gasteiger partial charge in [-0.25, -0.2) is 0 Å². The molecule has 144 valence electrons. The number of ether oxygens (including phenoxy) is 1. The molecular formula is C22H31N3O2+2. The number of rotatable bonds is 6. The Labute approximate surface area is 161 Å². The summed E-state index contributed by atoms with van der Waals surface area (Å²) in [5.74, 6) is 1.01. The van der Waals surface area contributed by atoms with Crippen LogP contribution in [0.25, 0.3) is 0 Å². The SMILES string of the molecule is COc1ccc(C[NH+]2CC[NH+](CC(=O)Nc3ccc(C)cc3C)CC2)cc1. The Hall–Kier alpha value is -2.37. The van der Waals surface area contributed by atoms with Gasteiger partial charge in [0.1, 0.15) is 38.5 Å². The van der Waals surface area contributed by atoms with Crippen molar-refractivity contribution in [2.45, 2.75) is 20.4 Å². The number of hydrogen-bond donors (Lipinski definition) is 3. The van der Waals surface area contributed by atoms with Crippen LogP contribution in [0.4, 0.5) is 5.69 Å². The molecule has 1 amide bonds. The van der Waals surface area contributed by atoms with E-state index in [-0.39, 0.29) is 5.91 Å². The molecule has 27 heavy (non-hydrogen) atoms. The van der Waals surface area contributed by atoms with E-state index in [4.69, 9.17) is 4.74 Å². The maximum absolute atomic E-state index is 12.4. The first kappa shape index (κ1) is 19.4. The second kappa shape index (κ2) is 9.02. The molecule has 0 spiro atoms. The molecule has 1 aliphatic rings. The number of nitrogens with one attached hydrogen (secondary N) is 3. The number of carbonyl (C=O) groups excluding carboxylic acids is 1. The Bertz CT molecular complexity index is 766. The summed E-state index contributed by atoms with van der Waals surface area (Å²) in [7, 11) is 1.69. The van der Waals surface area contributed by atoms with Crippen molar-refractivity contribution in [2.24, 2.45) is 0 Å². The van der Waals surface area contributed by atoms with Gasteiger partial charge in [0.15, 0.2) is 6.54 Å². The van der Waals surface area contributed by atoms with Crippen LogP contribution in [-0.4, -0.2) is 45.7 Å². The number of amides is 1. The fourth-order valence-corrected chi connectivity index (χ4v) is 3.72. The van der Waals surface area contributed by atoms with Gasteiger partial charge in [0.25, 0.3) is 5.91 Å². The molecule has 0 aliphatic carbocycles. The molecule has 1 heterocycles. The van der Waals surface area contributed by atoms with Crippen molar-refractivity contribution in [3.63, 3.8) is 0 Å². The zero-order valence-corrected chi connectivity index (χ0v) is 16.6. The van der Waals surface area contributed by atoms with Crippen molar-refractivity contribution >= 4 is 11.6 Å². The van der Waals surface area contributed by atoms with E-state index in [1.54, 1.807) is 12.0 Å². The van der Waals surface area contributed by atoms with Crippen molar-refractivity contribution < 1.29 is 19.3 Å². The van der Waals surface area contributed by atoms with Gasteiger partial charge in [-0.05, 0) is 49.7 Å². The molecule has 1 fully saturated rings. The van der Waals surface area contributed by atoms with E-state index in [9.17, 15) is 4.79 Å². The van der Waals surface area contributed by atoms with Gasteiger partial charge in [0, 0.05) is 11.3 Å². The first-order valence-electron chi connectivity index (χ1n) is 9.70. The maximum atomic E-state index is 12.4. The number of quaternary nitrogens is 2. The standard InChI is InChI=1S/C22H29N3O2/c1-17-4-9-21(18(2)14-17)23-22(26)16-25-12-10-24(11-13-25)15-19-5-7-20(27-3)8-6-19/h4-9,14H,10-13,15-16H2,1-3H3,(H,23,26)/p+2. The van der Waals surface area contributed by atoms with E-state index in [0.717, 1.165) is 49.7 Å². The average molecular weight is 370 g/mol. The molecule has 1 aliphatic heterocycles. The van der Waals surface area contributed by atoms with Crippen molar-refractivity contribution in [1.82, 2.24) is 0 Å². The summed E-state index contributed by atoms with van der Waals surface area (Å²) in [5.41, 5.74) is 4.59. The molecule has 0 aromatic heterocycles. The third-order valence-corrected chi connectivity index (χ3v) is 5.34. The Morgan fingerprint density at radius 3 is 2.30 bits per heavy atom. The molecule has 5 nitrogen and oxygen atoms in total. The summed E-state index contributed by atoms with van der Waals surface area (Å²) >= 11 is 0. The molecule has 1 saturated heterocycles. The fourth-order valence-electron chi connectivity index (χ4n) is 3.72. The zero-order chi connectivity index (χ0) is 19.2. The molecule has 0 unspecified atom stereocenters. The molecule has 2 aromatic carbocycles. The van der Waals surface area contributed by atoms with Crippen LogP contribution in [-0.2, 0) is 11.3 Å². The minimum Gasteiger partial charge on any atom is -0.497 e. The predicted octanol–water partition coefficient (Wildman–Crippen LogP) is 0.234. The molecule has 2 aromatic rings. The lowest BCUT2D eigenvalue weighted by atomic mass is 10.1. The highest BCUT2D eigenvalue weighted by Gasteiger charge is 2.25. The first-order valence-corrected chi connectivity index (χ1v) is 9.70. The molecule has 3 N–H and O–H groups in total. The van der Waals surface area contributed by atoms with Gasteiger partial charge >= 0.3 is 0 Å². The van der Waals surface area contributed by atoms with Gasteiger partial charge in [0.05, 0.1) is 7.11 Å². The lowest BCUT2D eigenvalue weighted by Crippen LogP contribution is -3.28. The van der Waals surface area contributed by atoms with E-state index < -0.39 is 0 Å². The summed E-state index contributed by atoms with van der Waals surface area (Å²) in [6.07, 6.45) is 0. The number of anilines is 1. The Morgan fingerprint density at radius 2 is 1.67 bits per heavy atom. The van der Waals surface area contributed by atoms with Gasteiger partial charge in [-0.15, -0.1) is 0 Å². The number of aryl methyl sites for hydroxylation is 2. The molecular weight excluding hydrogens is 338 g/mol. The highest BCUT2D eigenvalue weighted by molar-refractivity contribution is 5.92. The van der Waals surface area contributed by atoms with Crippen molar-refractivity contribution in [2.75, 3.05) is 45.2 Å². The number of benzene rings is 2. The monoisotopic (exact) mass is 369 g/mol. The average Bonchev–Trinajstić information content (AvgIpc) is 2.66. The third-order valence-electron chi connectivity index (χ3n) is 5.34. The number of hydrogen-bond acceptors (Lipinski definition) is 2. The lowest BCUT2D eigenvalue weighted by Gasteiger charge is -2.29. The predicted molar refractivity (Wildman–Crippen MR) is 108 cm³/mol. The van der Waals surface area contributed by atoms with Gasteiger partial charge in [-0.1, -0.05) is 17.7 Å². The van der Waals surface area contributed by atoms with Gasteiger partial charge < -0.3 is 19.9 Å². The minimum atomic E-state index is 0.107. The number of piperazine rings is 1. The van der Waals surface area contributed by atoms with Crippen LogP contribution in [0.5, 0.6) is 5.75 Å². The van der Waals surface area contributed by atoms with Crippen LogP contribution in [0, 0.1) is 13.8 Å².